The zero-order valence-corrected chi connectivity index (χ0v) is 9.00. The van der Waals surface area contributed by atoms with E-state index in [-0.39, 0.29) is 17.9 Å². The van der Waals surface area contributed by atoms with Crippen molar-refractivity contribution in [3.05, 3.63) is 29.1 Å². The Morgan fingerprint density at radius 1 is 1.29 bits per heavy atom. The molecule has 1 aromatic carbocycles. The van der Waals surface area contributed by atoms with Crippen molar-refractivity contribution in [1.29, 1.82) is 0 Å². The van der Waals surface area contributed by atoms with E-state index in [1.54, 1.807) is 0 Å². The molecule has 1 aromatic rings. The maximum absolute atomic E-state index is 13.2. The van der Waals surface area contributed by atoms with Gasteiger partial charge < -0.3 is 4.74 Å². The van der Waals surface area contributed by atoms with E-state index in [1.807, 2.05) is 0 Å². The summed E-state index contributed by atoms with van der Waals surface area (Å²) in [4.78, 5) is 0. The van der Waals surface area contributed by atoms with Crippen LogP contribution in [0.5, 0.6) is 5.75 Å². The smallest absolute Gasteiger partial charge is 0.171 e. The van der Waals surface area contributed by atoms with E-state index in [2.05, 4.69) is 15.9 Å². The summed E-state index contributed by atoms with van der Waals surface area (Å²) in [6, 6.07) is 0.709. The highest BCUT2D eigenvalue weighted by molar-refractivity contribution is 9.09. The molecule has 0 saturated carbocycles. The molecular formula is C9H8BrF3O. The van der Waals surface area contributed by atoms with Gasteiger partial charge in [-0.25, -0.2) is 13.2 Å². The minimum absolute atomic E-state index is 0.196. The Morgan fingerprint density at radius 3 is 2.50 bits per heavy atom. The summed E-state index contributed by atoms with van der Waals surface area (Å²) in [5.41, 5.74) is -0.366. The summed E-state index contributed by atoms with van der Waals surface area (Å²) < 4.78 is 43.7. The van der Waals surface area contributed by atoms with Gasteiger partial charge in [-0.3, -0.25) is 0 Å². The Labute approximate surface area is 88.0 Å². The number of alkyl halides is 1. The first-order chi connectivity index (χ1) is 6.57. The summed E-state index contributed by atoms with van der Waals surface area (Å²) in [7, 11) is 0. The third-order valence-corrected chi connectivity index (χ3v) is 2.00. The van der Waals surface area contributed by atoms with Crippen molar-refractivity contribution in [2.75, 3.05) is 11.9 Å². The van der Waals surface area contributed by atoms with Gasteiger partial charge in [-0.05, 0) is 6.92 Å². The van der Waals surface area contributed by atoms with Crippen molar-refractivity contribution in [3.63, 3.8) is 0 Å². The van der Waals surface area contributed by atoms with Crippen LogP contribution in [-0.4, -0.2) is 11.9 Å². The summed E-state index contributed by atoms with van der Waals surface area (Å²) in [6.07, 6.45) is 0. The second-order valence-corrected chi connectivity index (χ2v) is 3.44. The van der Waals surface area contributed by atoms with Crippen molar-refractivity contribution in [2.24, 2.45) is 0 Å². The molecule has 14 heavy (non-hydrogen) atoms. The van der Waals surface area contributed by atoms with E-state index < -0.39 is 17.5 Å². The van der Waals surface area contributed by atoms with Crippen LogP contribution in [0.1, 0.15) is 5.56 Å². The molecule has 0 spiro atoms. The molecule has 0 N–H and O–H groups in total. The standard InChI is InChI=1S/C9H8BrF3O/c1-5-8(12)6(11)4-7(9(5)13)14-3-2-10/h4H,2-3H2,1H3. The largest absolute Gasteiger partial charge is 0.490 e. The number of hydrogen-bond donors (Lipinski definition) is 0. The molecule has 78 valence electrons. The van der Waals surface area contributed by atoms with Gasteiger partial charge in [0.25, 0.3) is 0 Å². The lowest BCUT2D eigenvalue weighted by molar-refractivity contribution is 0.319. The highest BCUT2D eigenvalue weighted by Gasteiger charge is 2.15. The molecule has 0 fully saturated rings. The SMILES string of the molecule is Cc1c(F)c(F)cc(OCCBr)c1F. The quantitative estimate of drug-likeness (QED) is 0.605. The lowest BCUT2D eigenvalue weighted by Gasteiger charge is -2.08. The molecule has 1 rings (SSSR count). The fraction of sp³-hybridized carbons (Fsp3) is 0.333. The Morgan fingerprint density at radius 2 is 1.93 bits per heavy atom. The average molecular weight is 269 g/mol. The fourth-order valence-electron chi connectivity index (χ4n) is 0.956. The van der Waals surface area contributed by atoms with Gasteiger partial charge in [0.05, 0.1) is 6.61 Å². The molecule has 5 heteroatoms. The zero-order valence-electron chi connectivity index (χ0n) is 7.41. The van der Waals surface area contributed by atoms with E-state index >= 15 is 0 Å². The molecule has 0 unspecified atom stereocenters. The first kappa shape index (κ1) is 11.4. The molecule has 0 heterocycles. The van der Waals surface area contributed by atoms with Crippen molar-refractivity contribution >= 4 is 15.9 Å². The lowest BCUT2D eigenvalue weighted by atomic mass is 10.2. The molecule has 0 saturated heterocycles. The zero-order chi connectivity index (χ0) is 10.7. The number of halogens is 4. The van der Waals surface area contributed by atoms with Crippen LogP contribution in [0, 0.1) is 24.4 Å². The molecule has 0 atom stereocenters. The third kappa shape index (κ3) is 2.20. The highest BCUT2D eigenvalue weighted by atomic mass is 79.9. The van der Waals surface area contributed by atoms with Gasteiger partial charge in [0.2, 0.25) is 0 Å². The topological polar surface area (TPSA) is 9.23 Å². The van der Waals surface area contributed by atoms with Gasteiger partial charge in [-0.1, -0.05) is 15.9 Å². The molecule has 0 radical (unpaired) electrons. The highest BCUT2D eigenvalue weighted by Crippen LogP contribution is 2.25. The van der Waals surface area contributed by atoms with Gasteiger partial charge in [0, 0.05) is 17.0 Å². The average Bonchev–Trinajstić information content (AvgIpc) is 2.18. The molecule has 0 aromatic heterocycles. The van der Waals surface area contributed by atoms with Gasteiger partial charge in [-0.15, -0.1) is 0 Å². The predicted molar refractivity (Wildman–Crippen MR) is 50.3 cm³/mol. The van der Waals surface area contributed by atoms with Crippen molar-refractivity contribution in [3.8, 4) is 5.75 Å². The lowest BCUT2D eigenvalue weighted by Crippen LogP contribution is -2.03. The van der Waals surface area contributed by atoms with Crippen molar-refractivity contribution in [1.82, 2.24) is 0 Å². The number of benzene rings is 1. The van der Waals surface area contributed by atoms with Crippen LogP contribution in [0.2, 0.25) is 0 Å². The fourth-order valence-corrected chi connectivity index (χ4v) is 1.12. The summed E-state index contributed by atoms with van der Waals surface area (Å²) in [6.45, 7) is 1.36. The first-order valence-electron chi connectivity index (χ1n) is 3.90. The first-order valence-corrected chi connectivity index (χ1v) is 5.03. The van der Waals surface area contributed by atoms with Gasteiger partial charge in [0.15, 0.2) is 23.2 Å². The van der Waals surface area contributed by atoms with Gasteiger partial charge >= 0.3 is 0 Å². The normalized spacial score (nSPS) is 10.4. The number of rotatable bonds is 3. The van der Waals surface area contributed by atoms with Crippen LogP contribution < -0.4 is 4.74 Å². The van der Waals surface area contributed by atoms with Crippen LogP contribution in [0.3, 0.4) is 0 Å². The molecule has 0 aliphatic rings. The van der Waals surface area contributed by atoms with E-state index in [1.165, 1.54) is 0 Å². The number of hydrogen-bond acceptors (Lipinski definition) is 1. The van der Waals surface area contributed by atoms with Crippen molar-refractivity contribution < 1.29 is 17.9 Å². The van der Waals surface area contributed by atoms with Crippen LogP contribution >= 0.6 is 15.9 Å². The maximum atomic E-state index is 13.2. The third-order valence-electron chi connectivity index (χ3n) is 1.68. The second kappa shape index (κ2) is 4.68. The van der Waals surface area contributed by atoms with Crippen LogP contribution in [0.25, 0.3) is 0 Å². The van der Waals surface area contributed by atoms with E-state index in [0.717, 1.165) is 6.92 Å². The summed E-state index contributed by atoms with van der Waals surface area (Å²) >= 11 is 3.07. The Balaban J connectivity index is 3.06. The summed E-state index contributed by atoms with van der Waals surface area (Å²) in [5.74, 6) is -3.40. The van der Waals surface area contributed by atoms with Gasteiger partial charge in [-0.2, -0.15) is 0 Å². The maximum Gasteiger partial charge on any atom is 0.171 e. The molecule has 0 aliphatic carbocycles. The molecular weight excluding hydrogens is 261 g/mol. The monoisotopic (exact) mass is 268 g/mol. The van der Waals surface area contributed by atoms with E-state index in [4.69, 9.17) is 4.74 Å². The minimum Gasteiger partial charge on any atom is -0.490 e. The Hall–Kier alpha value is -0.710. The Bertz CT molecular complexity index is 341. The minimum atomic E-state index is -1.17. The molecule has 1 nitrogen and oxygen atoms in total. The van der Waals surface area contributed by atoms with Crippen LogP contribution in [0.15, 0.2) is 6.07 Å². The van der Waals surface area contributed by atoms with Crippen LogP contribution in [0.4, 0.5) is 13.2 Å². The second-order valence-electron chi connectivity index (χ2n) is 2.65. The van der Waals surface area contributed by atoms with Crippen molar-refractivity contribution in [2.45, 2.75) is 6.92 Å². The number of ether oxygens (including phenoxy) is 1. The van der Waals surface area contributed by atoms with Gasteiger partial charge in [0.1, 0.15) is 0 Å². The predicted octanol–water partition coefficient (Wildman–Crippen LogP) is 3.19. The Kier molecular flexibility index (Phi) is 3.80. The molecule has 0 bridgehead atoms. The molecule has 0 amide bonds. The summed E-state index contributed by atoms with van der Waals surface area (Å²) in [5, 5.41) is 0.491. The van der Waals surface area contributed by atoms with Crippen LogP contribution in [-0.2, 0) is 0 Å². The molecule has 0 aliphatic heterocycles. The van der Waals surface area contributed by atoms with E-state index in [0.29, 0.717) is 11.4 Å². The van der Waals surface area contributed by atoms with E-state index in [9.17, 15) is 13.2 Å².